The van der Waals surface area contributed by atoms with Gasteiger partial charge in [0.2, 0.25) is 10.0 Å². The molecule has 0 saturated carbocycles. The minimum Gasteiger partial charge on any atom is -0.296 e. The SMILES string of the molecule is NS(=O)(=O)c1ccc(N2NC3C(=Cc4ccccc43)C2c2ccc(Cl)cc2)cc1. The first-order valence-electron chi connectivity index (χ1n) is 9.16. The molecule has 5 rings (SSSR count). The molecule has 1 heterocycles. The van der Waals surface area contributed by atoms with Crippen molar-refractivity contribution in [2.75, 3.05) is 5.01 Å². The Balaban J connectivity index is 1.60. The van der Waals surface area contributed by atoms with Gasteiger partial charge in [-0.3, -0.25) is 5.01 Å². The molecule has 0 bridgehead atoms. The van der Waals surface area contributed by atoms with Gasteiger partial charge >= 0.3 is 0 Å². The van der Waals surface area contributed by atoms with E-state index in [9.17, 15) is 8.42 Å². The molecule has 2 unspecified atom stereocenters. The van der Waals surface area contributed by atoms with Crippen LogP contribution in [0.15, 0.2) is 83.3 Å². The van der Waals surface area contributed by atoms with Gasteiger partial charge in [0.25, 0.3) is 0 Å². The summed E-state index contributed by atoms with van der Waals surface area (Å²) >= 11 is 6.10. The second kappa shape index (κ2) is 6.71. The second-order valence-corrected chi connectivity index (χ2v) is 9.20. The van der Waals surface area contributed by atoms with Crippen molar-refractivity contribution in [1.82, 2.24) is 5.43 Å². The summed E-state index contributed by atoms with van der Waals surface area (Å²) in [6.45, 7) is 0. The molecule has 3 N–H and O–H groups in total. The van der Waals surface area contributed by atoms with Crippen LogP contribution in [0.5, 0.6) is 0 Å². The van der Waals surface area contributed by atoms with Crippen LogP contribution in [0.1, 0.15) is 28.8 Å². The van der Waals surface area contributed by atoms with E-state index in [4.69, 9.17) is 16.7 Å². The molecule has 1 aliphatic heterocycles. The van der Waals surface area contributed by atoms with Gasteiger partial charge in [0.05, 0.1) is 22.7 Å². The molecule has 0 aromatic heterocycles. The van der Waals surface area contributed by atoms with Crippen molar-refractivity contribution in [2.45, 2.75) is 17.0 Å². The van der Waals surface area contributed by atoms with Gasteiger partial charge < -0.3 is 0 Å². The Morgan fingerprint density at radius 2 is 1.62 bits per heavy atom. The molecule has 2 aliphatic rings. The number of hydrogen-bond acceptors (Lipinski definition) is 4. The summed E-state index contributed by atoms with van der Waals surface area (Å²) in [5.74, 6) is 0. The number of halogens is 1. The van der Waals surface area contributed by atoms with Gasteiger partial charge in [-0.2, -0.15) is 0 Å². The summed E-state index contributed by atoms with van der Waals surface area (Å²) in [4.78, 5) is 0.0910. The number of nitrogens with two attached hydrogens (primary N) is 1. The Labute approximate surface area is 174 Å². The molecular weight excluding hydrogens is 406 g/mol. The lowest BCUT2D eigenvalue weighted by molar-refractivity contribution is 0.597. The minimum atomic E-state index is -3.73. The van der Waals surface area contributed by atoms with Crippen LogP contribution < -0.4 is 15.6 Å². The Bertz CT molecular complexity index is 1220. The van der Waals surface area contributed by atoms with Crippen LogP contribution in [0.2, 0.25) is 5.02 Å². The Kier molecular flexibility index (Phi) is 4.26. The number of sulfonamides is 1. The van der Waals surface area contributed by atoms with Crippen LogP contribution in [0, 0.1) is 0 Å². The fourth-order valence-corrected chi connectivity index (χ4v) is 4.74. The van der Waals surface area contributed by atoms with Crippen LogP contribution in [-0.4, -0.2) is 8.42 Å². The number of hydrogen-bond donors (Lipinski definition) is 2. The van der Waals surface area contributed by atoms with Crippen molar-refractivity contribution in [3.8, 4) is 0 Å². The Hall–Kier alpha value is -2.64. The zero-order valence-corrected chi connectivity index (χ0v) is 16.9. The number of fused-ring (bicyclic) bond motifs is 3. The number of hydrazine groups is 1. The van der Waals surface area contributed by atoms with E-state index in [-0.39, 0.29) is 17.0 Å². The summed E-state index contributed by atoms with van der Waals surface area (Å²) < 4.78 is 23.2. The van der Waals surface area contributed by atoms with Gasteiger partial charge in [-0.25, -0.2) is 19.0 Å². The summed E-state index contributed by atoms with van der Waals surface area (Å²) in [5.41, 5.74) is 9.22. The molecule has 29 heavy (non-hydrogen) atoms. The third-order valence-electron chi connectivity index (χ3n) is 5.43. The lowest BCUT2D eigenvalue weighted by Gasteiger charge is -2.27. The number of nitrogens with one attached hydrogen (secondary N) is 1. The molecule has 1 aliphatic carbocycles. The van der Waals surface area contributed by atoms with Crippen LogP contribution >= 0.6 is 11.6 Å². The molecule has 3 aromatic rings. The lowest BCUT2D eigenvalue weighted by atomic mass is 9.95. The molecule has 7 heteroatoms. The Morgan fingerprint density at radius 3 is 2.31 bits per heavy atom. The average Bonchev–Trinajstić information content (AvgIpc) is 3.24. The molecule has 146 valence electrons. The van der Waals surface area contributed by atoms with E-state index in [0.717, 1.165) is 11.3 Å². The van der Waals surface area contributed by atoms with E-state index in [1.165, 1.54) is 28.8 Å². The van der Waals surface area contributed by atoms with Gasteiger partial charge in [0.15, 0.2) is 0 Å². The van der Waals surface area contributed by atoms with Gasteiger partial charge in [-0.15, -0.1) is 0 Å². The first-order valence-corrected chi connectivity index (χ1v) is 11.1. The van der Waals surface area contributed by atoms with E-state index in [1.807, 2.05) is 36.4 Å². The fourth-order valence-electron chi connectivity index (χ4n) is 4.10. The molecule has 0 spiro atoms. The maximum atomic E-state index is 11.6. The van der Waals surface area contributed by atoms with E-state index in [0.29, 0.717) is 5.02 Å². The predicted molar refractivity (Wildman–Crippen MR) is 115 cm³/mol. The molecular formula is C22H18ClN3O2S. The third kappa shape index (κ3) is 3.14. The zero-order valence-electron chi connectivity index (χ0n) is 15.3. The highest BCUT2D eigenvalue weighted by Crippen LogP contribution is 2.49. The van der Waals surface area contributed by atoms with Crippen molar-refractivity contribution >= 4 is 33.4 Å². The molecule has 1 saturated heterocycles. The van der Waals surface area contributed by atoms with E-state index < -0.39 is 10.0 Å². The highest BCUT2D eigenvalue weighted by Gasteiger charge is 2.42. The van der Waals surface area contributed by atoms with Gasteiger partial charge in [-0.1, -0.05) is 54.1 Å². The monoisotopic (exact) mass is 423 g/mol. The first kappa shape index (κ1) is 18.4. The molecule has 5 nitrogen and oxygen atoms in total. The predicted octanol–water partition coefficient (Wildman–Crippen LogP) is 4.19. The first-order chi connectivity index (χ1) is 13.9. The molecule has 2 atom stereocenters. The highest BCUT2D eigenvalue weighted by atomic mass is 35.5. The van der Waals surface area contributed by atoms with Gasteiger partial charge in [0, 0.05) is 5.02 Å². The van der Waals surface area contributed by atoms with Crippen molar-refractivity contribution in [3.05, 3.63) is 100 Å². The smallest absolute Gasteiger partial charge is 0.238 e. The number of benzene rings is 3. The fraction of sp³-hybridized carbons (Fsp3) is 0.0909. The van der Waals surface area contributed by atoms with E-state index in [1.54, 1.807) is 12.1 Å². The van der Waals surface area contributed by atoms with Gasteiger partial charge in [0.1, 0.15) is 0 Å². The largest absolute Gasteiger partial charge is 0.296 e. The van der Waals surface area contributed by atoms with Crippen molar-refractivity contribution in [2.24, 2.45) is 5.14 Å². The van der Waals surface area contributed by atoms with E-state index >= 15 is 0 Å². The second-order valence-electron chi connectivity index (χ2n) is 7.20. The van der Waals surface area contributed by atoms with Crippen LogP contribution in [-0.2, 0) is 10.0 Å². The summed E-state index contributed by atoms with van der Waals surface area (Å²) in [5, 5.41) is 8.00. The number of nitrogens with zero attached hydrogens (tertiary/aromatic N) is 1. The average molecular weight is 424 g/mol. The van der Waals surface area contributed by atoms with Crippen LogP contribution in [0.25, 0.3) is 6.08 Å². The number of anilines is 1. The maximum absolute atomic E-state index is 11.6. The van der Waals surface area contributed by atoms with Crippen LogP contribution in [0.4, 0.5) is 5.69 Å². The summed E-state index contributed by atoms with van der Waals surface area (Å²) in [6.07, 6.45) is 2.23. The van der Waals surface area contributed by atoms with Crippen molar-refractivity contribution < 1.29 is 8.42 Å². The molecule has 0 radical (unpaired) electrons. The van der Waals surface area contributed by atoms with Crippen molar-refractivity contribution in [1.29, 1.82) is 0 Å². The summed E-state index contributed by atoms with van der Waals surface area (Å²) in [6, 6.07) is 22.7. The Morgan fingerprint density at radius 1 is 0.931 bits per heavy atom. The number of rotatable bonds is 3. The quantitative estimate of drug-likeness (QED) is 0.662. The standard InChI is InChI=1S/C22H18ClN3O2S/c23-16-7-5-14(6-8-16)22-20-13-15-3-1-2-4-19(15)21(20)25-26(22)17-9-11-18(12-10-17)29(24,27)28/h1-13,21-22,25H,(H2,24,27,28). The van der Waals surface area contributed by atoms with E-state index in [2.05, 4.69) is 28.6 Å². The molecule has 1 fully saturated rings. The highest BCUT2D eigenvalue weighted by molar-refractivity contribution is 7.89. The maximum Gasteiger partial charge on any atom is 0.238 e. The molecule has 0 amide bonds. The minimum absolute atomic E-state index is 0.0509. The number of primary sulfonamides is 1. The molecule has 3 aromatic carbocycles. The zero-order chi connectivity index (χ0) is 20.2. The summed E-state index contributed by atoms with van der Waals surface area (Å²) in [7, 11) is -3.73. The topological polar surface area (TPSA) is 75.4 Å². The van der Waals surface area contributed by atoms with Crippen LogP contribution in [0.3, 0.4) is 0 Å². The normalized spacial score (nSPS) is 20.3. The lowest BCUT2D eigenvalue weighted by Crippen LogP contribution is -2.34. The van der Waals surface area contributed by atoms with Gasteiger partial charge in [-0.05, 0) is 58.7 Å². The third-order valence-corrected chi connectivity index (χ3v) is 6.62. The van der Waals surface area contributed by atoms with Crippen molar-refractivity contribution in [3.63, 3.8) is 0 Å².